The molecule has 2 rings (SSSR count). The summed E-state index contributed by atoms with van der Waals surface area (Å²) in [6.07, 6.45) is -8.83. The van der Waals surface area contributed by atoms with Crippen molar-refractivity contribution in [1.29, 1.82) is 0 Å². The average Bonchev–Trinajstić information content (AvgIpc) is 2.91. The average molecular weight is 642 g/mol. The SMILES string of the molecule is CC[C@H]1OC(=O)[C@H](C)[C@@H](O)[C@H](C)[C@@H](O[C@@H]2O[C@H](C)C[C@H](N(C)S(C)(=O)=O)[C@H]2O)[C@](C)(O)C[C@@H](C)[C@H](O)[C@H](C)[C@@H](O)[C@]1(C)O. The lowest BCUT2D eigenvalue weighted by Gasteiger charge is -2.47. The molecule has 6 N–H and O–H groups in total. The molecule has 0 aromatic heterocycles. The predicted octanol–water partition coefficient (Wildman–Crippen LogP) is -0.0180. The second-order valence-electron chi connectivity index (χ2n) is 13.5. The van der Waals surface area contributed by atoms with E-state index in [4.69, 9.17) is 14.2 Å². The third-order valence-corrected chi connectivity index (χ3v) is 10.9. The Bertz CT molecular complexity index is 1040. The summed E-state index contributed by atoms with van der Waals surface area (Å²) in [5, 5.41) is 68.0. The van der Waals surface area contributed by atoms with Gasteiger partial charge in [0.2, 0.25) is 10.0 Å². The maximum atomic E-state index is 13.2. The van der Waals surface area contributed by atoms with Crippen molar-refractivity contribution >= 4 is 16.0 Å². The van der Waals surface area contributed by atoms with Crippen molar-refractivity contribution in [2.75, 3.05) is 13.3 Å². The first-order chi connectivity index (χ1) is 19.5. The number of esters is 1. The highest BCUT2D eigenvalue weighted by molar-refractivity contribution is 7.88. The molecule has 0 radical (unpaired) electrons. The number of aliphatic hydroxyl groups excluding tert-OH is 4. The lowest BCUT2D eigenvalue weighted by Crippen LogP contribution is -2.60. The molecule has 0 bridgehead atoms. The fourth-order valence-corrected chi connectivity index (χ4v) is 7.39. The summed E-state index contributed by atoms with van der Waals surface area (Å²) in [5.74, 6) is -4.58. The number of ether oxygens (including phenoxy) is 3. The molecule has 14 heteroatoms. The summed E-state index contributed by atoms with van der Waals surface area (Å²) < 4.78 is 43.3. The molecule has 2 aliphatic rings. The summed E-state index contributed by atoms with van der Waals surface area (Å²) in [5.41, 5.74) is -3.74. The maximum absolute atomic E-state index is 13.2. The van der Waals surface area contributed by atoms with Gasteiger partial charge in [0.15, 0.2) is 6.29 Å². The van der Waals surface area contributed by atoms with Gasteiger partial charge in [-0.3, -0.25) is 4.79 Å². The third-order valence-electron chi connectivity index (χ3n) is 9.63. The molecule has 254 valence electrons. The third kappa shape index (κ3) is 8.46. The monoisotopic (exact) mass is 641 g/mol. The largest absolute Gasteiger partial charge is 0.459 e. The standard InChI is InChI=1S/C29H55NO12S/c1-11-20-29(8,37)24(34)16(4)21(31)14(2)13-28(7,36)25(17(5)22(32)18(6)26(35)41-20)42-27-23(33)19(12-15(3)40-27)30(9)43(10,38)39/h14-25,27,31-34,36-37H,11-13H2,1-10H3/t14-,15-,16+,17+,18-,19+,20-,21+,22+,23-,24-,25-,27+,28-,29-/m1/s1. The van der Waals surface area contributed by atoms with Crippen LogP contribution in [0.15, 0.2) is 0 Å². The van der Waals surface area contributed by atoms with Gasteiger partial charge < -0.3 is 44.8 Å². The molecule has 15 atom stereocenters. The molecule has 2 heterocycles. The molecule has 0 aromatic rings. The van der Waals surface area contributed by atoms with Crippen LogP contribution in [0.25, 0.3) is 0 Å². The Labute approximate surface area is 256 Å². The summed E-state index contributed by atoms with van der Waals surface area (Å²) >= 11 is 0. The van der Waals surface area contributed by atoms with E-state index >= 15 is 0 Å². The van der Waals surface area contributed by atoms with Gasteiger partial charge in [-0.25, -0.2) is 8.42 Å². The summed E-state index contributed by atoms with van der Waals surface area (Å²) in [6.45, 7) is 12.3. The molecule has 0 aromatic carbocycles. The number of carbonyl (C=O) groups is 1. The Morgan fingerprint density at radius 1 is 0.977 bits per heavy atom. The molecule has 2 fully saturated rings. The van der Waals surface area contributed by atoms with Crippen molar-refractivity contribution in [2.24, 2.45) is 23.7 Å². The van der Waals surface area contributed by atoms with Gasteiger partial charge in [0.05, 0.1) is 54.3 Å². The van der Waals surface area contributed by atoms with Crippen LogP contribution in [0.5, 0.6) is 0 Å². The molecule has 0 spiro atoms. The van der Waals surface area contributed by atoms with Gasteiger partial charge in [0.1, 0.15) is 17.8 Å². The number of rotatable bonds is 5. The number of carbonyl (C=O) groups excluding carboxylic acids is 1. The van der Waals surface area contributed by atoms with Crippen molar-refractivity contribution in [3.8, 4) is 0 Å². The second-order valence-corrected chi connectivity index (χ2v) is 15.5. The second kappa shape index (κ2) is 14.2. The molecule has 13 nitrogen and oxygen atoms in total. The molecule has 0 aliphatic carbocycles. The first-order valence-corrected chi connectivity index (χ1v) is 16.9. The number of likely N-dealkylation sites (N-methyl/N-ethyl adjacent to an activating group) is 1. The minimum Gasteiger partial charge on any atom is -0.459 e. The number of sulfonamides is 1. The normalized spacial score (nSPS) is 48.0. The zero-order chi connectivity index (χ0) is 33.4. The van der Waals surface area contributed by atoms with Crippen LogP contribution in [0.4, 0.5) is 0 Å². The quantitative estimate of drug-likeness (QED) is 0.219. The zero-order valence-electron chi connectivity index (χ0n) is 27.1. The van der Waals surface area contributed by atoms with Crippen LogP contribution in [0.1, 0.15) is 74.7 Å². The van der Waals surface area contributed by atoms with Crippen LogP contribution in [-0.4, -0.2) is 129 Å². The van der Waals surface area contributed by atoms with E-state index in [-0.39, 0.29) is 19.3 Å². The number of cyclic esters (lactones) is 1. The van der Waals surface area contributed by atoms with Crippen LogP contribution in [-0.2, 0) is 29.0 Å². The first-order valence-electron chi connectivity index (χ1n) is 15.1. The van der Waals surface area contributed by atoms with Crippen molar-refractivity contribution in [3.63, 3.8) is 0 Å². The number of hydrogen-bond donors (Lipinski definition) is 6. The topological polar surface area (TPSA) is 204 Å². The Morgan fingerprint density at radius 2 is 1.53 bits per heavy atom. The molecule has 0 unspecified atom stereocenters. The number of aliphatic hydroxyl groups is 6. The molecule has 2 saturated heterocycles. The van der Waals surface area contributed by atoms with Gasteiger partial charge >= 0.3 is 5.97 Å². The molecule has 43 heavy (non-hydrogen) atoms. The van der Waals surface area contributed by atoms with Gasteiger partial charge in [-0.2, -0.15) is 4.31 Å². The fourth-order valence-electron chi connectivity index (χ4n) is 6.68. The van der Waals surface area contributed by atoms with Crippen molar-refractivity contribution in [1.82, 2.24) is 4.31 Å². The summed E-state index contributed by atoms with van der Waals surface area (Å²) in [6, 6.07) is -0.900. The van der Waals surface area contributed by atoms with E-state index in [1.54, 1.807) is 34.6 Å². The Kier molecular flexibility index (Phi) is 12.7. The van der Waals surface area contributed by atoms with Crippen LogP contribution in [0.2, 0.25) is 0 Å². The Balaban J connectivity index is 2.57. The van der Waals surface area contributed by atoms with E-state index < -0.39 is 106 Å². The van der Waals surface area contributed by atoms with Crippen molar-refractivity contribution in [2.45, 2.75) is 141 Å². The van der Waals surface area contributed by atoms with Crippen molar-refractivity contribution in [3.05, 3.63) is 0 Å². The Hall–Kier alpha value is -0.940. The van der Waals surface area contributed by atoms with Gasteiger partial charge in [-0.1, -0.05) is 27.7 Å². The summed E-state index contributed by atoms with van der Waals surface area (Å²) in [4.78, 5) is 13.2. The zero-order valence-corrected chi connectivity index (χ0v) is 27.9. The first kappa shape index (κ1) is 38.2. The van der Waals surface area contributed by atoms with Crippen LogP contribution in [0, 0.1) is 23.7 Å². The van der Waals surface area contributed by atoms with Gasteiger partial charge in [-0.15, -0.1) is 0 Å². The minimum absolute atomic E-state index is 0.115. The lowest BCUT2D eigenvalue weighted by atomic mass is 9.73. The van der Waals surface area contributed by atoms with E-state index in [1.165, 1.54) is 27.8 Å². The van der Waals surface area contributed by atoms with Gasteiger partial charge in [0.25, 0.3) is 0 Å². The van der Waals surface area contributed by atoms with Crippen LogP contribution >= 0.6 is 0 Å². The molecular weight excluding hydrogens is 586 g/mol. The van der Waals surface area contributed by atoms with E-state index in [0.29, 0.717) is 0 Å². The molecular formula is C29H55NO12S. The highest BCUT2D eigenvalue weighted by Crippen LogP contribution is 2.38. The highest BCUT2D eigenvalue weighted by atomic mass is 32.2. The predicted molar refractivity (Wildman–Crippen MR) is 157 cm³/mol. The molecule has 0 saturated carbocycles. The maximum Gasteiger partial charge on any atom is 0.311 e. The minimum atomic E-state index is -3.69. The smallest absolute Gasteiger partial charge is 0.311 e. The van der Waals surface area contributed by atoms with E-state index in [0.717, 1.165) is 10.6 Å². The highest BCUT2D eigenvalue weighted by Gasteiger charge is 2.51. The molecule has 0 amide bonds. The fraction of sp³-hybridized carbons (Fsp3) is 0.966. The summed E-state index contributed by atoms with van der Waals surface area (Å²) in [7, 11) is -2.34. The van der Waals surface area contributed by atoms with Gasteiger partial charge in [-0.05, 0) is 52.9 Å². The lowest BCUT2D eigenvalue weighted by molar-refractivity contribution is -0.298. The number of hydrogen-bond acceptors (Lipinski definition) is 12. The van der Waals surface area contributed by atoms with Crippen molar-refractivity contribution < 1.29 is 58.1 Å². The van der Waals surface area contributed by atoms with Crippen LogP contribution in [0.3, 0.4) is 0 Å². The van der Waals surface area contributed by atoms with E-state index in [1.807, 2.05) is 0 Å². The number of nitrogens with zero attached hydrogens (tertiary/aromatic N) is 1. The van der Waals surface area contributed by atoms with E-state index in [2.05, 4.69) is 0 Å². The molecule has 2 aliphatic heterocycles. The van der Waals surface area contributed by atoms with Crippen LogP contribution < -0.4 is 0 Å². The Morgan fingerprint density at radius 3 is 2.05 bits per heavy atom. The van der Waals surface area contributed by atoms with Gasteiger partial charge in [0, 0.05) is 18.9 Å². The van der Waals surface area contributed by atoms with E-state index in [9.17, 15) is 43.9 Å².